The zero-order valence-electron chi connectivity index (χ0n) is 19.9. The molecule has 0 aliphatic heterocycles. The molecule has 0 spiro atoms. The van der Waals surface area contributed by atoms with Gasteiger partial charge in [-0.2, -0.15) is 0 Å². The van der Waals surface area contributed by atoms with Gasteiger partial charge in [0.2, 0.25) is 0 Å². The van der Waals surface area contributed by atoms with E-state index >= 15 is 0 Å². The molecular formula is C28H30ClN3O3. The Morgan fingerprint density at radius 1 is 0.971 bits per heavy atom. The second-order valence-corrected chi connectivity index (χ2v) is 8.71. The molecule has 1 amide bonds. The van der Waals surface area contributed by atoms with E-state index in [-0.39, 0.29) is 5.91 Å². The van der Waals surface area contributed by atoms with Crippen molar-refractivity contribution in [2.45, 2.75) is 32.2 Å². The molecule has 4 aromatic rings. The maximum absolute atomic E-state index is 12.4. The lowest BCUT2D eigenvalue weighted by Crippen LogP contribution is -2.25. The number of aryl methyl sites for hydroxylation is 2. The zero-order valence-corrected chi connectivity index (χ0v) is 20.6. The molecule has 0 atom stereocenters. The van der Waals surface area contributed by atoms with Crippen LogP contribution in [-0.2, 0) is 13.0 Å². The van der Waals surface area contributed by atoms with Gasteiger partial charge in [-0.3, -0.25) is 4.79 Å². The van der Waals surface area contributed by atoms with E-state index in [4.69, 9.17) is 26.1 Å². The van der Waals surface area contributed by atoms with E-state index in [1.807, 2.05) is 54.6 Å². The minimum absolute atomic E-state index is 0.0990. The molecule has 1 N–H and O–H groups in total. The summed E-state index contributed by atoms with van der Waals surface area (Å²) in [6.45, 7) is 2.10. The topological polar surface area (TPSA) is 65.4 Å². The van der Waals surface area contributed by atoms with Gasteiger partial charge in [-0.05, 0) is 73.9 Å². The van der Waals surface area contributed by atoms with Crippen molar-refractivity contribution in [3.05, 3.63) is 89.2 Å². The van der Waals surface area contributed by atoms with Crippen LogP contribution in [0.3, 0.4) is 0 Å². The summed E-state index contributed by atoms with van der Waals surface area (Å²) >= 11 is 5.93. The Bertz CT molecular complexity index is 1250. The monoisotopic (exact) mass is 491 g/mol. The van der Waals surface area contributed by atoms with Gasteiger partial charge < -0.3 is 19.4 Å². The van der Waals surface area contributed by atoms with E-state index in [9.17, 15) is 4.79 Å². The number of amides is 1. The van der Waals surface area contributed by atoms with Gasteiger partial charge in [-0.25, -0.2) is 4.98 Å². The average molecular weight is 492 g/mol. The molecule has 0 saturated carbocycles. The lowest BCUT2D eigenvalue weighted by Gasteiger charge is -2.11. The number of unbranched alkanes of at least 4 members (excludes halogenated alkanes) is 1. The summed E-state index contributed by atoms with van der Waals surface area (Å²) in [6, 6.07) is 22.8. The minimum Gasteiger partial charge on any atom is -0.497 e. The molecule has 0 unspecified atom stereocenters. The molecule has 6 nitrogen and oxygen atoms in total. The molecule has 0 aliphatic rings. The summed E-state index contributed by atoms with van der Waals surface area (Å²) in [4.78, 5) is 17.3. The van der Waals surface area contributed by atoms with E-state index in [0.717, 1.165) is 54.8 Å². The van der Waals surface area contributed by atoms with Crippen LogP contribution in [0.4, 0.5) is 0 Å². The molecule has 0 bridgehead atoms. The van der Waals surface area contributed by atoms with Crippen LogP contribution in [0.15, 0.2) is 72.8 Å². The number of rotatable bonds is 12. The highest BCUT2D eigenvalue weighted by Gasteiger charge is 2.11. The van der Waals surface area contributed by atoms with E-state index < -0.39 is 0 Å². The first-order valence-electron chi connectivity index (χ1n) is 11.9. The summed E-state index contributed by atoms with van der Waals surface area (Å²) in [6.07, 6.45) is 3.51. The van der Waals surface area contributed by atoms with Crippen molar-refractivity contribution < 1.29 is 14.3 Å². The molecule has 3 aromatic carbocycles. The highest BCUT2D eigenvalue weighted by Crippen LogP contribution is 2.19. The standard InChI is InChI=1S/C28H30ClN3O3/c1-34-24-9-6-8-21(20-24)28(33)30-17-7-12-27-31-25-10-2-3-11-26(25)32(27)18-4-5-19-35-23-15-13-22(29)14-16-23/h2-3,6,8-11,13-16,20H,4-5,7,12,17-19H2,1H3,(H,30,33). The Kier molecular flexibility index (Phi) is 8.63. The number of imidazole rings is 1. The number of aromatic nitrogens is 2. The first-order chi connectivity index (χ1) is 17.1. The summed E-state index contributed by atoms with van der Waals surface area (Å²) in [5, 5.41) is 3.70. The smallest absolute Gasteiger partial charge is 0.251 e. The Morgan fingerprint density at radius 3 is 2.63 bits per heavy atom. The van der Waals surface area contributed by atoms with E-state index in [1.165, 1.54) is 0 Å². The van der Waals surface area contributed by atoms with Gasteiger partial charge in [0.15, 0.2) is 0 Å². The first kappa shape index (κ1) is 24.6. The molecular weight excluding hydrogens is 462 g/mol. The lowest BCUT2D eigenvalue weighted by molar-refractivity contribution is 0.0952. The SMILES string of the molecule is COc1cccc(C(=O)NCCCc2nc3ccccc3n2CCCCOc2ccc(Cl)cc2)c1. The Balaban J connectivity index is 1.28. The van der Waals surface area contributed by atoms with E-state index in [2.05, 4.69) is 16.0 Å². The number of fused-ring (bicyclic) bond motifs is 1. The van der Waals surface area contributed by atoms with Gasteiger partial charge in [0.05, 0.1) is 24.8 Å². The van der Waals surface area contributed by atoms with Gasteiger partial charge in [-0.15, -0.1) is 0 Å². The maximum atomic E-state index is 12.4. The predicted molar refractivity (Wildman–Crippen MR) is 140 cm³/mol. The fourth-order valence-electron chi connectivity index (χ4n) is 3.97. The number of nitrogens with one attached hydrogen (secondary N) is 1. The number of para-hydroxylation sites is 2. The number of hydrogen-bond donors (Lipinski definition) is 1. The molecule has 1 heterocycles. The Labute approximate surface area is 210 Å². The van der Waals surface area contributed by atoms with Crippen LogP contribution in [0.1, 0.15) is 35.4 Å². The van der Waals surface area contributed by atoms with Crippen LogP contribution in [0.2, 0.25) is 5.02 Å². The van der Waals surface area contributed by atoms with Crippen LogP contribution >= 0.6 is 11.6 Å². The van der Waals surface area contributed by atoms with Crippen molar-refractivity contribution in [3.8, 4) is 11.5 Å². The highest BCUT2D eigenvalue weighted by molar-refractivity contribution is 6.30. The molecule has 182 valence electrons. The van der Waals surface area contributed by atoms with Gasteiger partial charge in [-0.1, -0.05) is 29.8 Å². The summed E-state index contributed by atoms with van der Waals surface area (Å²) in [5.74, 6) is 2.45. The minimum atomic E-state index is -0.0990. The molecule has 4 rings (SSSR count). The number of hydrogen-bond acceptors (Lipinski definition) is 4. The van der Waals surface area contributed by atoms with Crippen molar-refractivity contribution in [1.29, 1.82) is 0 Å². The number of benzene rings is 3. The first-order valence-corrected chi connectivity index (χ1v) is 12.3. The molecule has 35 heavy (non-hydrogen) atoms. The van der Waals surface area contributed by atoms with Crippen molar-refractivity contribution in [2.75, 3.05) is 20.3 Å². The normalized spacial score (nSPS) is 10.9. The third-order valence-corrected chi connectivity index (χ3v) is 6.04. The molecule has 0 saturated heterocycles. The summed E-state index contributed by atoms with van der Waals surface area (Å²) in [5.41, 5.74) is 2.74. The number of ether oxygens (including phenoxy) is 2. The Morgan fingerprint density at radius 2 is 1.80 bits per heavy atom. The molecule has 1 aromatic heterocycles. The number of carbonyl (C=O) groups excluding carboxylic acids is 1. The van der Waals surface area contributed by atoms with E-state index in [0.29, 0.717) is 29.5 Å². The van der Waals surface area contributed by atoms with E-state index in [1.54, 1.807) is 19.2 Å². The van der Waals surface area contributed by atoms with Crippen LogP contribution < -0.4 is 14.8 Å². The fraction of sp³-hybridized carbons (Fsp3) is 0.286. The van der Waals surface area contributed by atoms with Crippen LogP contribution in [0, 0.1) is 0 Å². The number of methoxy groups -OCH3 is 1. The van der Waals surface area contributed by atoms with Crippen molar-refractivity contribution >= 4 is 28.5 Å². The summed E-state index contributed by atoms with van der Waals surface area (Å²) < 4.78 is 13.3. The maximum Gasteiger partial charge on any atom is 0.251 e. The molecule has 0 aliphatic carbocycles. The third-order valence-electron chi connectivity index (χ3n) is 5.79. The van der Waals surface area contributed by atoms with Gasteiger partial charge >= 0.3 is 0 Å². The van der Waals surface area contributed by atoms with Crippen molar-refractivity contribution in [3.63, 3.8) is 0 Å². The lowest BCUT2D eigenvalue weighted by atomic mass is 10.2. The average Bonchev–Trinajstić information content (AvgIpc) is 3.24. The quantitative estimate of drug-likeness (QED) is 0.250. The van der Waals surface area contributed by atoms with Gasteiger partial charge in [0.25, 0.3) is 5.91 Å². The summed E-state index contributed by atoms with van der Waals surface area (Å²) in [7, 11) is 1.59. The predicted octanol–water partition coefficient (Wildman–Crippen LogP) is 5.92. The largest absolute Gasteiger partial charge is 0.497 e. The number of nitrogens with zero attached hydrogens (tertiary/aromatic N) is 2. The van der Waals surface area contributed by atoms with Gasteiger partial charge in [0.1, 0.15) is 17.3 Å². The fourth-order valence-corrected chi connectivity index (χ4v) is 4.10. The second kappa shape index (κ2) is 12.3. The molecule has 7 heteroatoms. The number of halogens is 1. The van der Waals surface area contributed by atoms with Crippen molar-refractivity contribution in [1.82, 2.24) is 14.9 Å². The second-order valence-electron chi connectivity index (χ2n) is 8.27. The molecule has 0 fully saturated rings. The zero-order chi connectivity index (χ0) is 24.5. The highest BCUT2D eigenvalue weighted by atomic mass is 35.5. The van der Waals surface area contributed by atoms with Crippen LogP contribution in [0.25, 0.3) is 11.0 Å². The van der Waals surface area contributed by atoms with Gasteiger partial charge in [0, 0.05) is 30.1 Å². The van der Waals surface area contributed by atoms with Crippen LogP contribution in [-0.4, -0.2) is 35.7 Å². The van der Waals surface area contributed by atoms with Crippen LogP contribution in [0.5, 0.6) is 11.5 Å². The Hall–Kier alpha value is -3.51. The van der Waals surface area contributed by atoms with Crippen molar-refractivity contribution in [2.24, 2.45) is 0 Å². The number of carbonyl (C=O) groups is 1. The third kappa shape index (κ3) is 6.76. The molecule has 0 radical (unpaired) electrons.